The molecule has 0 saturated heterocycles. The van der Waals surface area contributed by atoms with E-state index in [-0.39, 0.29) is 5.69 Å². The number of hydrogen-bond donors (Lipinski definition) is 2. The van der Waals surface area contributed by atoms with Crippen LogP contribution < -0.4 is 11.2 Å². The van der Waals surface area contributed by atoms with E-state index >= 15 is 0 Å². The molecule has 7 heteroatoms. The molecule has 20 heavy (non-hydrogen) atoms. The average Bonchev–Trinajstić information content (AvgIpc) is 2.36. The van der Waals surface area contributed by atoms with Gasteiger partial charge in [-0.2, -0.15) is 0 Å². The molecule has 2 rings (SSSR count). The molecule has 0 radical (unpaired) electrons. The zero-order valence-electron chi connectivity index (χ0n) is 10.5. The normalized spacial score (nSPS) is 10.8. The highest BCUT2D eigenvalue weighted by Gasteiger charge is 2.18. The van der Waals surface area contributed by atoms with Crippen LogP contribution in [0.2, 0.25) is 0 Å². The Labute approximate surface area is 112 Å². The van der Waals surface area contributed by atoms with Crippen molar-refractivity contribution in [1.82, 2.24) is 9.97 Å². The first-order valence-electron chi connectivity index (χ1n) is 5.73. The Hall–Kier alpha value is -2.96. The lowest BCUT2D eigenvalue weighted by Crippen LogP contribution is -2.25. The van der Waals surface area contributed by atoms with E-state index in [0.29, 0.717) is 0 Å². The standard InChI is InChI=1S/C13H11N3O4/c1-8-2-4-9(5-3-8)6-7-10-11(16(19)20)12(17)15-13(18)14-10/h2-7H,1H3,(H2,14,15,17,18)/b7-6+. The number of aromatic nitrogens is 2. The predicted molar refractivity (Wildman–Crippen MR) is 74.4 cm³/mol. The molecule has 7 nitrogen and oxygen atoms in total. The molecule has 0 saturated carbocycles. The number of nitro groups is 1. The molecule has 0 amide bonds. The molecular weight excluding hydrogens is 262 g/mol. The summed E-state index contributed by atoms with van der Waals surface area (Å²) in [5, 5.41) is 10.8. The van der Waals surface area contributed by atoms with E-state index in [2.05, 4.69) is 4.98 Å². The minimum absolute atomic E-state index is 0.135. The third-order valence-corrected chi connectivity index (χ3v) is 2.65. The van der Waals surface area contributed by atoms with Crippen molar-refractivity contribution in [3.63, 3.8) is 0 Å². The minimum atomic E-state index is -1.03. The summed E-state index contributed by atoms with van der Waals surface area (Å²) in [6.07, 6.45) is 2.91. The van der Waals surface area contributed by atoms with Crippen molar-refractivity contribution in [2.75, 3.05) is 0 Å². The second-order valence-corrected chi connectivity index (χ2v) is 4.17. The van der Waals surface area contributed by atoms with Crippen LogP contribution in [0.4, 0.5) is 5.69 Å². The van der Waals surface area contributed by atoms with Crippen LogP contribution in [0, 0.1) is 17.0 Å². The van der Waals surface area contributed by atoms with Crippen LogP contribution in [0.25, 0.3) is 12.2 Å². The average molecular weight is 273 g/mol. The summed E-state index contributed by atoms with van der Waals surface area (Å²) in [5.74, 6) is 0. The van der Waals surface area contributed by atoms with Crippen LogP contribution in [0.3, 0.4) is 0 Å². The fourth-order valence-corrected chi connectivity index (χ4v) is 1.66. The number of nitrogens with one attached hydrogen (secondary N) is 2. The lowest BCUT2D eigenvalue weighted by atomic mass is 10.1. The lowest BCUT2D eigenvalue weighted by molar-refractivity contribution is -0.386. The van der Waals surface area contributed by atoms with Crippen LogP contribution in [0.1, 0.15) is 16.8 Å². The van der Waals surface area contributed by atoms with E-state index in [9.17, 15) is 19.7 Å². The summed E-state index contributed by atoms with van der Waals surface area (Å²) in [7, 11) is 0. The fourth-order valence-electron chi connectivity index (χ4n) is 1.66. The highest BCUT2D eigenvalue weighted by atomic mass is 16.6. The van der Waals surface area contributed by atoms with Crippen LogP contribution >= 0.6 is 0 Å². The molecule has 102 valence electrons. The monoisotopic (exact) mass is 273 g/mol. The predicted octanol–water partition coefficient (Wildman–Crippen LogP) is 1.45. The maximum absolute atomic E-state index is 11.4. The summed E-state index contributed by atoms with van der Waals surface area (Å²) in [4.78, 5) is 36.7. The van der Waals surface area contributed by atoms with Crippen molar-refractivity contribution < 1.29 is 4.92 Å². The van der Waals surface area contributed by atoms with Crippen LogP contribution in [0.15, 0.2) is 33.9 Å². The third kappa shape index (κ3) is 2.89. The van der Waals surface area contributed by atoms with Gasteiger partial charge in [-0.25, -0.2) is 4.79 Å². The van der Waals surface area contributed by atoms with Crippen molar-refractivity contribution >= 4 is 17.8 Å². The first-order valence-corrected chi connectivity index (χ1v) is 5.73. The Morgan fingerprint density at radius 2 is 1.75 bits per heavy atom. The maximum Gasteiger partial charge on any atom is 0.357 e. The van der Waals surface area contributed by atoms with Gasteiger partial charge in [0.2, 0.25) is 0 Å². The van der Waals surface area contributed by atoms with E-state index in [1.807, 2.05) is 36.2 Å². The second kappa shape index (κ2) is 5.35. The van der Waals surface area contributed by atoms with Gasteiger partial charge < -0.3 is 4.98 Å². The molecule has 0 unspecified atom stereocenters. The van der Waals surface area contributed by atoms with Crippen molar-refractivity contribution in [2.24, 2.45) is 0 Å². The van der Waals surface area contributed by atoms with Crippen molar-refractivity contribution in [3.8, 4) is 0 Å². The van der Waals surface area contributed by atoms with Gasteiger partial charge >= 0.3 is 16.9 Å². The quantitative estimate of drug-likeness (QED) is 0.651. The fraction of sp³-hybridized carbons (Fsp3) is 0.0769. The van der Waals surface area contributed by atoms with Gasteiger partial charge in [0.15, 0.2) is 0 Å². The van der Waals surface area contributed by atoms with Gasteiger partial charge in [0.25, 0.3) is 0 Å². The number of aryl methyl sites for hydroxylation is 1. The molecule has 0 fully saturated rings. The highest BCUT2D eigenvalue weighted by molar-refractivity contribution is 5.71. The number of rotatable bonds is 3. The van der Waals surface area contributed by atoms with Gasteiger partial charge in [-0.05, 0) is 18.6 Å². The van der Waals surface area contributed by atoms with Gasteiger partial charge in [0, 0.05) is 0 Å². The van der Waals surface area contributed by atoms with Gasteiger partial charge in [0.05, 0.1) is 4.92 Å². The molecule has 1 aromatic heterocycles. The van der Waals surface area contributed by atoms with Crippen LogP contribution in [0.5, 0.6) is 0 Å². The molecule has 0 aliphatic rings. The molecule has 1 aromatic carbocycles. The molecule has 0 aliphatic carbocycles. The van der Waals surface area contributed by atoms with Gasteiger partial charge in [0.1, 0.15) is 5.69 Å². The lowest BCUT2D eigenvalue weighted by Gasteiger charge is -1.97. The van der Waals surface area contributed by atoms with E-state index in [4.69, 9.17) is 0 Å². The number of nitrogens with zero attached hydrogens (tertiary/aromatic N) is 1. The molecule has 2 N–H and O–H groups in total. The Balaban J connectivity index is 2.48. The van der Waals surface area contributed by atoms with E-state index in [0.717, 1.165) is 11.1 Å². The van der Waals surface area contributed by atoms with Gasteiger partial charge in [-0.3, -0.25) is 19.9 Å². The molecule has 0 spiro atoms. The summed E-state index contributed by atoms with van der Waals surface area (Å²) in [6, 6.07) is 7.41. The largest absolute Gasteiger partial charge is 0.357 e. The number of H-pyrrole nitrogens is 2. The Morgan fingerprint density at radius 1 is 1.10 bits per heavy atom. The summed E-state index contributed by atoms with van der Waals surface area (Å²) < 4.78 is 0. The Bertz CT molecular complexity index is 784. The summed E-state index contributed by atoms with van der Waals surface area (Å²) >= 11 is 0. The van der Waals surface area contributed by atoms with E-state index in [1.165, 1.54) is 6.08 Å². The summed E-state index contributed by atoms with van der Waals surface area (Å²) in [6.45, 7) is 1.94. The zero-order valence-corrected chi connectivity index (χ0v) is 10.5. The molecule has 0 bridgehead atoms. The van der Waals surface area contributed by atoms with Crippen molar-refractivity contribution in [1.29, 1.82) is 0 Å². The molecule has 0 atom stereocenters. The van der Waals surface area contributed by atoms with E-state index in [1.54, 1.807) is 6.08 Å². The molecule has 0 aliphatic heterocycles. The maximum atomic E-state index is 11.4. The first-order chi connectivity index (χ1) is 9.47. The minimum Gasteiger partial charge on any atom is -0.301 e. The SMILES string of the molecule is Cc1ccc(/C=C/c2[nH]c(=O)[nH]c(=O)c2[N+](=O)[O-])cc1. The van der Waals surface area contributed by atoms with Crippen LogP contribution in [-0.4, -0.2) is 14.9 Å². The van der Waals surface area contributed by atoms with Gasteiger partial charge in [-0.15, -0.1) is 0 Å². The first kappa shape index (κ1) is 13.5. The second-order valence-electron chi connectivity index (χ2n) is 4.17. The highest BCUT2D eigenvalue weighted by Crippen LogP contribution is 2.13. The third-order valence-electron chi connectivity index (χ3n) is 2.65. The number of benzene rings is 1. The number of aromatic amines is 2. The molecule has 2 aromatic rings. The van der Waals surface area contributed by atoms with Crippen molar-refractivity contribution in [3.05, 3.63) is 72.0 Å². The zero-order chi connectivity index (χ0) is 14.7. The Morgan fingerprint density at radius 3 is 2.35 bits per heavy atom. The molecular formula is C13H11N3O4. The van der Waals surface area contributed by atoms with Gasteiger partial charge in [-0.1, -0.05) is 35.9 Å². The van der Waals surface area contributed by atoms with Crippen molar-refractivity contribution in [2.45, 2.75) is 6.92 Å². The smallest absolute Gasteiger partial charge is 0.301 e. The summed E-state index contributed by atoms with van der Waals surface area (Å²) in [5.41, 5.74) is -0.757. The Kier molecular flexibility index (Phi) is 3.60. The topological polar surface area (TPSA) is 109 Å². The van der Waals surface area contributed by atoms with Crippen LogP contribution in [-0.2, 0) is 0 Å². The number of hydrogen-bond acceptors (Lipinski definition) is 4. The van der Waals surface area contributed by atoms with E-state index < -0.39 is 21.9 Å². The molecule has 1 heterocycles.